The molecule has 8 aromatic rings. The molecule has 0 fully saturated rings. The van der Waals surface area contributed by atoms with Crippen molar-refractivity contribution in [2.75, 3.05) is 9.80 Å². The fraction of sp³-hybridized carbons (Fsp3) is 0.0943. The fourth-order valence-corrected chi connectivity index (χ4v) is 9.56. The summed E-state index contributed by atoms with van der Waals surface area (Å²) in [6.07, 6.45) is 0. The molecule has 8 aromatic carbocycles. The zero-order valence-corrected chi connectivity index (χ0v) is 32.4. The molecule has 2 heterocycles. The molecule has 3 heteroatoms. The Labute approximate surface area is 331 Å². The zero-order chi connectivity index (χ0) is 38.0. The van der Waals surface area contributed by atoms with Gasteiger partial charge in [0.15, 0.2) is 0 Å². The maximum atomic E-state index is 2.52. The van der Waals surface area contributed by atoms with Crippen LogP contribution in [-0.4, -0.2) is 6.71 Å². The maximum absolute atomic E-state index is 2.52. The Bertz CT molecular complexity index is 2630. The summed E-state index contributed by atoms with van der Waals surface area (Å²) in [5, 5.41) is 0. The third-order valence-electron chi connectivity index (χ3n) is 12.0. The van der Waals surface area contributed by atoms with Crippen molar-refractivity contribution >= 4 is 57.2 Å². The van der Waals surface area contributed by atoms with Crippen molar-refractivity contribution in [3.8, 4) is 0 Å². The van der Waals surface area contributed by atoms with Crippen molar-refractivity contribution in [3.05, 3.63) is 233 Å². The number of nitrogens with zero attached hydrogens (tertiary/aromatic N) is 2. The van der Waals surface area contributed by atoms with Crippen LogP contribution in [0.5, 0.6) is 0 Å². The summed E-state index contributed by atoms with van der Waals surface area (Å²) in [5.41, 5.74) is 20.8. The minimum absolute atomic E-state index is 0.101. The van der Waals surface area contributed by atoms with E-state index in [0.717, 1.165) is 5.69 Å². The lowest BCUT2D eigenvalue weighted by molar-refractivity contribution is 0.745. The monoisotopic (exact) mass is 718 g/mol. The molecule has 0 radical (unpaired) electrons. The summed E-state index contributed by atoms with van der Waals surface area (Å²) in [4.78, 5) is 5.01. The molecule has 0 amide bonds. The fourth-order valence-electron chi connectivity index (χ4n) is 9.56. The van der Waals surface area contributed by atoms with Crippen molar-refractivity contribution in [2.45, 2.75) is 33.1 Å². The lowest BCUT2D eigenvalue weighted by Gasteiger charge is -2.44. The second-order valence-electron chi connectivity index (χ2n) is 15.7. The first-order chi connectivity index (χ1) is 27.4. The molecule has 2 aliphatic rings. The van der Waals surface area contributed by atoms with Gasteiger partial charge in [0.25, 0.3) is 6.71 Å². The van der Waals surface area contributed by atoms with E-state index in [4.69, 9.17) is 0 Å². The molecule has 0 aromatic heterocycles. The Balaban J connectivity index is 1.21. The van der Waals surface area contributed by atoms with E-state index in [1.54, 1.807) is 0 Å². The van der Waals surface area contributed by atoms with Crippen LogP contribution in [-0.2, 0) is 5.41 Å². The number of anilines is 6. The van der Waals surface area contributed by atoms with Crippen molar-refractivity contribution in [1.29, 1.82) is 0 Å². The number of hydrogen-bond acceptors (Lipinski definition) is 2. The van der Waals surface area contributed by atoms with Gasteiger partial charge in [0, 0.05) is 34.1 Å². The van der Waals surface area contributed by atoms with Gasteiger partial charge < -0.3 is 9.80 Å². The second-order valence-corrected chi connectivity index (χ2v) is 15.7. The molecule has 0 spiro atoms. The lowest BCUT2D eigenvalue weighted by Crippen LogP contribution is -2.61. The molecule has 0 atom stereocenters. The van der Waals surface area contributed by atoms with Gasteiger partial charge in [-0.15, -0.1) is 0 Å². The largest absolute Gasteiger partial charge is 0.311 e. The van der Waals surface area contributed by atoms with Gasteiger partial charge in [0.05, 0.1) is 5.41 Å². The van der Waals surface area contributed by atoms with Crippen molar-refractivity contribution < 1.29 is 0 Å². The van der Waals surface area contributed by atoms with E-state index >= 15 is 0 Å². The van der Waals surface area contributed by atoms with Gasteiger partial charge in [0.2, 0.25) is 0 Å². The maximum Gasteiger partial charge on any atom is 0.252 e. The molecule has 0 saturated heterocycles. The van der Waals surface area contributed by atoms with Crippen LogP contribution in [0.3, 0.4) is 0 Å². The lowest BCUT2D eigenvalue weighted by atomic mass is 9.33. The molecule has 2 nitrogen and oxygen atoms in total. The quantitative estimate of drug-likeness (QED) is 0.125. The standard InChI is InChI=1S/C53H43BN2/c1-36-20-26-44(27-21-36)55-48-30-22-37(2)32-46(48)54-47-33-38(3)23-31-49(47)56(51-35-39(4)34-50(55)52(51)54)45-28-24-43(25-29-45)53(40-14-8-5-9-15-40,41-16-10-6-11-17-41)42-18-12-7-13-19-42/h5-35H,1-4H3. The van der Waals surface area contributed by atoms with Gasteiger partial charge >= 0.3 is 0 Å². The predicted octanol–water partition coefficient (Wildman–Crippen LogP) is 11.4. The molecule has 0 N–H and O–H groups in total. The summed E-state index contributed by atoms with van der Waals surface area (Å²) in [6, 6.07) is 70.2. The van der Waals surface area contributed by atoms with Gasteiger partial charge in [-0.2, -0.15) is 0 Å². The van der Waals surface area contributed by atoms with Gasteiger partial charge in [-0.1, -0.05) is 156 Å². The minimum atomic E-state index is -0.511. The molecule has 2 aliphatic heterocycles. The van der Waals surface area contributed by atoms with Crippen LogP contribution in [0.25, 0.3) is 0 Å². The number of hydrogen-bond donors (Lipinski definition) is 0. The molecule has 268 valence electrons. The predicted molar refractivity (Wildman–Crippen MR) is 238 cm³/mol. The van der Waals surface area contributed by atoms with E-state index in [2.05, 4.69) is 226 Å². The molecular weight excluding hydrogens is 675 g/mol. The van der Waals surface area contributed by atoms with Crippen LogP contribution in [0.4, 0.5) is 34.1 Å². The summed E-state index contributed by atoms with van der Waals surface area (Å²) in [6.45, 7) is 8.94. The Kier molecular flexibility index (Phi) is 8.08. The summed E-state index contributed by atoms with van der Waals surface area (Å²) in [7, 11) is 0. The van der Waals surface area contributed by atoms with E-state index < -0.39 is 5.41 Å². The first-order valence-electron chi connectivity index (χ1n) is 19.7. The van der Waals surface area contributed by atoms with Crippen molar-refractivity contribution in [3.63, 3.8) is 0 Å². The van der Waals surface area contributed by atoms with Gasteiger partial charge in [0.1, 0.15) is 0 Å². The molecular formula is C53H43BN2. The van der Waals surface area contributed by atoms with Gasteiger partial charge in [-0.25, -0.2) is 0 Å². The third kappa shape index (κ3) is 5.26. The van der Waals surface area contributed by atoms with E-state index in [1.807, 2.05) is 0 Å². The first-order valence-corrected chi connectivity index (χ1v) is 19.7. The Morgan fingerprint density at radius 2 is 0.714 bits per heavy atom. The highest BCUT2D eigenvalue weighted by molar-refractivity contribution is 7.00. The molecule has 0 bridgehead atoms. The number of rotatable bonds is 6. The third-order valence-corrected chi connectivity index (χ3v) is 12.0. The normalized spacial score (nSPS) is 12.9. The Hall–Kier alpha value is -6.58. The molecule has 56 heavy (non-hydrogen) atoms. The van der Waals surface area contributed by atoms with Crippen molar-refractivity contribution in [1.82, 2.24) is 0 Å². The van der Waals surface area contributed by atoms with Crippen molar-refractivity contribution in [2.24, 2.45) is 0 Å². The van der Waals surface area contributed by atoms with Crippen LogP contribution in [0, 0.1) is 27.7 Å². The average Bonchev–Trinajstić information content (AvgIpc) is 3.23. The van der Waals surface area contributed by atoms with Crippen LogP contribution >= 0.6 is 0 Å². The molecule has 0 aliphatic carbocycles. The van der Waals surface area contributed by atoms with E-state index in [9.17, 15) is 0 Å². The number of aryl methyl sites for hydroxylation is 4. The van der Waals surface area contributed by atoms with Crippen LogP contribution in [0.1, 0.15) is 44.5 Å². The second kappa shape index (κ2) is 13.3. The number of fused-ring (bicyclic) bond motifs is 4. The van der Waals surface area contributed by atoms with E-state index in [1.165, 1.54) is 89.3 Å². The highest BCUT2D eigenvalue weighted by atomic mass is 15.2. The van der Waals surface area contributed by atoms with Crippen LogP contribution in [0.2, 0.25) is 0 Å². The Morgan fingerprint density at radius 3 is 1.14 bits per heavy atom. The summed E-state index contributed by atoms with van der Waals surface area (Å²) >= 11 is 0. The van der Waals surface area contributed by atoms with Gasteiger partial charge in [-0.3, -0.25) is 0 Å². The zero-order valence-electron chi connectivity index (χ0n) is 32.4. The molecule has 0 saturated carbocycles. The highest BCUT2D eigenvalue weighted by Crippen LogP contribution is 2.48. The highest BCUT2D eigenvalue weighted by Gasteiger charge is 2.44. The summed E-state index contributed by atoms with van der Waals surface area (Å²) < 4.78 is 0. The number of benzene rings is 8. The summed E-state index contributed by atoms with van der Waals surface area (Å²) in [5.74, 6) is 0. The average molecular weight is 719 g/mol. The first kappa shape index (κ1) is 34.0. The minimum Gasteiger partial charge on any atom is -0.311 e. The van der Waals surface area contributed by atoms with E-state index in [-0.39, 0.29) is 6.71 Å². The van der Waals surface area contributed by atoms with E-state index in [0.29, 0.717) is 0 Å². The SMILES string of the molecule is Cc1ccc(N2c3ccc(C)cc3B3c4cc(C)ccc4N(c4ccc(C(c5ccccc5)(c5ccccc5)c5ccccc5)cc4)c4cc(C)cc2c43)cc1. The smallest absolute Gasteiger partial charge is 0.252 e. The van der Waals surface area contributed by atoms with Crippen LogP contribution < -0.4 is 26.2 Å². The van der Waals surface area contributed by atoms with Gasteiger partial charge in [-0.05, 0) is 120 Å². The van der Waals surface area contributed by atoms with Crippen LogP contribution in [0.15, 0.2) is 188 Å². The topological polar surface area (TPSA) is 6.48 Å². The Morgan fingerprint density at radius 1 is 0.339 bits per heavy atom. The molecule has 10 rings (SSSR count). The molecule has 0 unspecified atom stereocenters.